The molecule has 0 bridgehead atoms. The van der Waals surface area contributed by atoms with Crippen LogP contribution < -0.4 is 11.2 Å². The molecule has 0 amide bonds. The van der Waals surface area contributed by atoms with E-state index in [2.05, 4.69) is 13.0 Å². The van der Waals surface area contributed by atoms with Gasteiger partial charge in [0.1, 0.15) is 0 Å². The van der Waals surface area contributed by atoms with Crippen molar-refractivity contribution in [1.82, 2.24) is 13.7 Å². The Bertz CT molecular complexity index is 1260. The van der Waals surface area contributed by atoms with Crippen molar-refractivity contribution in [2.45, 2.75) is 13.3 Å². The van der Waals surface area contributed by atoms with Gasteiger partial charge in [-0.2, -0.15) is 0 Å². The van der Waals surface area contributed by atoms with E-state index in [4.69, 9.17) is 0 Å². The second kappa shape index (κ2) is 6.43. The van der Waals surface area contributed by atoms with Crippen molar-refractivity contribution in [3.8, 4) is 16.9 Å². The third-order valence-corrected chi connectivity index (χ3v) is 5.12. The van der Waals surface area contributed by atoms with Gasteiger partial charge >= 0.3 is 5.69 Å². The molecule has 0 spiro atoms. The average molecular weight is 359 g/mol. The molecule has 0 saturated heterocycles. The van der Waals surface area contributed by atoms with Crippen LogP contribution in [0, 0.1) is 0 Å². The molecule has 4 rings (SSSR count). The lowest BCUT2D eigenvalue weighted by Gasteiger charge is -2.13. The van der Waals surface area contributed by atoms with E-state index in [9.17, 15) is 9.59 Å². The van der Waals surface area contributed by atoms with Gasteiger partial charge < -0.3 is 4.57 Å². The molecule has 0 atom stereocenters. The van der Waals surface area contributed by atoms with Crippen LogP contribution in [0.2, 0.25) is 0 Å². The van der Waals surface area contributed by atoms with Gasteiger partial charge in [0.05, 0.1) is 16.6 Å². The maximum Gasteiger partial charge on any atom is 0.330 e. The predicted molar refractivity (Wildman–Crippen MR) is 109 cm³/mol. The van der Waals surface area contributed by atoms with E-state index in [1.165, 1.54) is 21.7 Å². The van der Waals surface area contributed by atoms with Crippen LogP contribution in [0.15, 0.2) is 70.4 Å². The number of rotatable bonds is 3. The maximum absolute atomic E-state index is 13.0. The molecule has 0 aliphatic rings. The van der Waals surface area contributed by atoms with Crippen molar-refractivity contribution in [2.24, 2.45) is 14.1 Å². The van der Waals surface area contributed by atoms with Crippen LogP contribution in [0.4, 0.5) is 0 Å². The zero-order valence-corrected chi connectivity index (χ0v) is 15.6. The highest BCUT2D eigenvalue weighted by molar-refractivity contribution is 5.94. The van der Waals surface area contributed by atoms with Crippen molar-refractivity contribution in [1.29, 1.82) is 0 Å². The second-order valence-electron chi connectivity index (χ2n) is 6.66. The Morgan fingerprint density at radius 3 is 2.22 bits per heavy atom. The number of hydrogen-bond acceptors (Lipinski definition) is 2. The summed E-state index contributed by atoms with van der Waals surface area (Å²) in [6.45, 7) is 2.11. The Morgan fingerprint density at radius 1 is 0.852 bits per heavy atom. The Hall–Kier alpha value is -3.34. The van der Waals surface area contributed by atoms with Crippen LogP contribution in [0.1, 0.15) is 12.5 Å². The Labute approximate surface area is 156 Å². The summed E-state index contributed by atoms with van der Waals surface area (Å²) in [5.41, 5.74) is 3.97. The molecule has 4 aromatic rings. The normalized spacial score (nSPS) is 11.2. The van der Waals surface area contributed by atoms with Crippen LogP contribution in [0.5, 0.6) is 0 Å². The molecule has 5 nitrogen and oxygen atoms in total. The fourth-order valence-electron chi connectivity index (χ4n) is 3.66. The number of aromatic nitrogens is 3. The van der Waals surface area contributed by atoms with E-state index in [-0.39, 0.29) is 11.2 Å². The van der Waals surface area contributed by atoms with Gasteiger partial charge in [-0.25, -0.2) is 4.79 Å². The smallest absolute Gasteiger partial charge is 0.313 e. The number of aryl methyl sites for hydroxylation is 2. The van der Waals surface area contributed by atoms with Gasteiger partial charge in [-0.3, -0.25) is 13.9 Å². The van der Waals surface area contributed by atoms with Gasteiger partial charge in [-0.05, 0) is 23.6 Å². The summed E-state index contributed by atoms with van der Waals surface area (Å²) in [5, 5.41) is 0.553. The van der Waals surface area contributed by atoms with Gasteiger partial charge in [0.25, 0.3) is 5.56 Å². The lowest BCUT2D eigenvalue weighted by atomic mass is 10.1. The summed E-state index contributed by atoms with van der Waals surface area (Å²) < 4.78 is 4.75. The van der Waals surface area contributed by atoms with Crippen LogP contribution >= 0.6 is 0 Å². The lowest BCUT2D eigenvalue weighted by molar-refractivity contribution is 0.714. The molecule has 0 aliphatic carbocycles. The van der Waals surface area contributed by atoms with E-state index in [0.29, 0.717) is 10.9 Å². The molecule has 27 heavy (non-hydrogen) atoms. The zero-order chi connectivity index (χ0) is 19.1. The molecule has 0 aliphatic heterocycles. The van der Waals surface area contributed by atoms with E-state index in [0.717, 1.165) is 23.4 Å². The van der Waals surface area contributed by atoms with Gasteiger partial charge in [0.15, 0.2) is 0 Å². The first-order valence-electron chi connectivity index (χ1n) is 8.99. The van der Waals surface area contributed by atoms with E-state index in [1.807, 2.05) is 59.3 Å². The average Bonchev–Trinajstić information content (AvgIpc) is 3.12. The molecular weight excluding hydrogens is 338 g/mol. The van der Waals surface area contributed by atoms with Crippen LogP contribution in [0.3, 0.4) is 0 Å². The third-order valence-electron chi connectivity index (χ3n) is 5.12. The summed E-state index contributed by atoms with van der Waals surface area (Å²) in [6.07, 6.45) is 2.77. The first-order valence-corrected chi connectivity index (χ1v) is 8.99. The van der Waals surface area contributed by atoms with Gasteiger partial charge in [-0.1, -0.05) is 55.5 Å². The quantitative estimate of drug-likeness (QED) is 0.564. The first kappa shape index (κ1) is 17.1. The van der Waals surface area contributed by atoms with Crippen molar-refractivity contribution in [3.63, 3.8) is 0 Å². The molecule has 0 N–H and O–H groups in total. The Balaban J connectivity index is 2.24. The van der Waals surface area contributed by atoms with Crippen molar-refractivity contribution in [2.75, 3.05) is 0 Å². The summed E-state index contributed by atoms with van der Waals surface area (Å²) in [6, 6.07) is 18.0. The van der Waals surface area contributed by atoms with Crippen LogP contribution in [-0.2, 0) is 20.5 Å². The number of fused-ring (bicyclic) bond motifs is 1. The highest BCUT2D eigenvalue weighted by Crippen LogP contribution is 2.31. The van der Waals surface area contributed by atoms with E-state index >= 15 is 0 Å². The van der Waals surface area contributed by atoms with Crippen LogP contribution in [-0.4, -0.2) is 13.7 Å². The Kier molecular flexibility index (Phi) is 4.07. The van der Waals surface area contributed by atoms with Crippen molar-refractivity contribution < 1.29 is 0 Å². The molecular formula is C22H21N3O2. The SMILES string of the molecule is CCc1ccccc1-n1cc2c(c1-c1ccccc1)c(=O)n(C)c(=O)n2C. The third kappa shape index (κ3) is 2.54. The minimum absolute atomic E-state index is 0.278. The molecule has 0 radical (unpaired) electrons. The molecule has 0 unspecified atom stereocenters. The number of benzene rings is 2. The minimum Gasteiger partial charge on any atom is -0.313 e. The summed E-state index contributed by atoms with van der Waals surface area (Å²) in [7, 11) is 3.23. The number of nitrogens with zero attached hydrogens (tertiary/aromatic N) is 3. The number of para-hydroxylation sites is 1. The van der Waals surface area contributed by atoms with Gasteiger partial charge in [0.2, 0.25) is 0 Å². The number of hydrogen-bond donors (Lipinski definition) is 0. The first-order chi connectivity index (χ1) is 13.0. The molecule has 136 valence electrons. The summed E-state index contributed by atoms with van der Waals surface area (Å²) >= 11 is 0. The van der Waals surface area contributed by atoms with Crippen molar-refractivity contribution >= 4 is 10.9 Å². The molecule has 2 aromatic carbocycles. The summed E-state index contributed by atoms with van der Waals surface area (Å²) in [5.74, 6) is 0. The second-order valence-corrected chi connectivity index (χ2v) is 6.66. The fraction of sp³-hybridized carbons (Fsp3) is 0.182. The minimum atomic E-state index is -0.326. The van der Waals surface area contributed by atoms with Crippen LogP contribution in [0.25, 0.3) is 27.8 Å². The summed E-state index contributed by atoms with van der Waals surface area (Å²) in [4.78, 5) is 25.5. The van der Waals surface area contributed by atoms with Crippen molar-refractivity contribution in [3.05, 3.63) is 87.2 Å². The maximum atomic E-state index is 13.0. The van der Waals surface area contributed by atoms with E-state index < -0.39 is 0 Å². The molecule has 0 saturated carbocycles. The largest absolute Gasteiger partial charge is 0.330 e. The molecule has 2 heterocycles. The van der Waals surface area contributed by atoms with Gasteiger partial charge in [0, 0.05) is 26.0 Å². The highest BCUT2D eigenvalue weighted by atomic mass is 16.2. The Morgan fingerprint density at radius 2 is 1.52 bits per heavy atom. The van der Waals surface area contributed by atoms with E-state index in [1.54, 1.807) is 7.05 Å². The lowest BCUT2D eigenvalue weighted by Crippen LogP contribution is -2.36. The zero-order valence-electron chi connectivity index (χ0n) is 15.6. The topological polar surface area (TPSA) is 48.9 Å². The highest BCUT2D eigenvalue weighted by Gasteiger charge is 2.20. The predicted octanol–water partition coefficient (Wildman–Crippen LogP) is 3.26. The molecule has 0 fully saturated rings. The fourth-order valence-corrected chi connectivity index (χ4v) is 3.66. The monoisotopic (exact) mass is 359 g/mol. The standard InChI is InChI=1S/C22H21N3O2/c1-4-15-10-8-9-13-17(15)25-14-18-19(20(25)16-11-6-5-7-12-16)21(26)24(3)22(27)23(18)2/h5-14H,4H2,1-3H3. The molecule has 2 aromatic heterocycles. The molecule has 5 heteroatoms. The van der Waals surface area contributed by atoms with Gasteiger partial charge in [-0.15, -0.1) is 0 Å².